The van der Waals surface area contributed by atoms with Gasteiger partial charge in [0, 0.05) is 33.9 Å². The quantitative estimate of drug-likeness (QED) is 0.169. The summed E-state index contributed by atoms with van der Waals surface area (Å²) in [6, 6.07) is 59.0. The molecule has 0 aliphatic carbocycles. The highest BCUT2D eigenvalue weighted by atomic mass is 15.2. The molecular weight excluding hydrogens is 651 g/mol. The molecule has 7 aromatic carbocycles. The van der Waals surface area contributed by atoms with Gasteiger partial charge in [0.2, 0.25) is 0 Å². The maximum Gasteiger partial charge on any atom is 0.252 e. The Balaban J connectivity index is 1.40. The molecule has 0 radical (unpaired) electrons. The van der Waals surface area contributed by atoms with Gasteiger partial charge in [-0.25, -0.2) is 0 Å². The minimum Gasteiger partial charge on any atom is -0.311 e. The van der Waals surface area contributed by atoms with Crippen LogP contribution in [0.15, 0.2) is 158 Å². The molecule has 54 heavy (non-hydrogen) atoms. The van der Waals surface area contributed by atoms with Gasteiger partial charge in [-0.3, -0.25) is 0 Å². The molecule has 0 bridgehead atoms. The van der Waals surface area contributed by atoms with Gasteiger partial charge in [0.15, 0.2) is 0 Å². The lowest BCUT2D eigenvalue weighted by molar-refractivity contribution is 0.590. The minimum atomic E-state index is -0.0122. The van der Waals surface area contributed by atoms with E-state index in [1.807, 2.05) is 0 Å². The normalized spacial score (nSPS) is 13.4. The Bertz CT molecular complexity index is 2370. The van der Waals surface area contributed by atoms with Crippen molar-refractivity contribution >= 4 is 57.2 Å². The summed E-state index contributed by atoms with van der Waals surface area (Å²) in [6.07, 6.45) is 0. The molecular formula is C51H47BN2. The van der Waals surface area contributed by atoms with Gasteiger partial charge >= 0.3 is 0 Å². The van der Waals surface area contributed by atoms with Crippen LogP contribution in [0.25, 0.3) is 22.3 Å². The van der Waals surface area contributed by atoms with Gasteiger partial charge in [-0.05, 0) is 98.4 Å². The molecule has 0 N–H and O–H groups in total. The molecule has 2 nitrogen and oxygen atoms in total. The molecule has 2 aliphatic rings. The van der Waals surface area contributed by atoms with Crippen LogP contribution >= 0.6 is 0 Å². The van der Waals surface area contributed by atoms with Crippen LogP contribution in [0.5, 0.6) is 0 Å². The van der Waals surface area contributed by atoms with E-state index in [-0.39, 0.29) is 17.5 Å². The maximum absolute atomic E-state index is 2.57. The highest BCUT2D eigenvalue weighted by molar-refractivity contribution is 7.00. The maximum atomic E-state index is 2.57. The summed E-state index contributed by atoms with van der Waals surface area (Å²) in [7, 11) is 0. The van der Waals surface area contributed by atoms with Crippen molar-refractivity contribution in [2.24, 2.45) is 0 Å². The molecule has 7 aromatic rings. The number of hydrogen-bond donors (Lipinski definition) is 0. The number of hydrogen-bond acceptors (Lipinski definition) is 2. The lowest BCUT2D eigenvalue weighted by Crippen LogP contribution is -2.61. The molecule has 264 valence electrons. The predicted molar refractivity (Wildman–Crippen MR) is 233 cm³/mol. The first-order valence-electron chi connectivity index (χ1n) is 19.3. The summed E-state index contributed by atoms with van der Waals surface area (Å²) in [4.78, 5) is 5.15. The molecule has 0 saturated carbocycles. The largest absolute Gasteiger partial charge is 0.311 e. The van der Waals surface area contributed by atoms with Crippen LogP contribution < -0.4 is 26.2 Å². The lowest BCUT2D eigenvalue weighted by atomic mass is 9.33. The summed E-state index contributed by atoms with van der Waals surface area (Å²) < 4.78 is 0. The predicted octanol–water partition coefficient (Wildman–Crippen LogP) is 12.0. The van der Waals surface area contributed by atoms with Crippen LogP contribution in [0.4, 0.5) is 34.1 Å². The van der Waals surface area contributed by atoms with Crippen molar-refractivity contribution in [3.8, 4) is 22.3 Å². The number of anilines is 6. The second-order valence-corrected chi connectivity index (χ2v) is 17.1. The van der Waals surface area contributed by atoms with Gasteiger partial charge < -0.3 is 9.80 Å². The summed E-state index contributed by atoms with van der Waals surface area (Å²) in [5.74, 6) is 0. The third-order valence-corrected chi connectivity index (χ3v) is 11.4. The number of para-hydroxylation sites is 2. The average Bonchev–Trinajstić information content (AvgIpc) is 3.17. The highest BCUT2D eigenvalue weighted by Gasteiger charge is 2.44. The second kappa shape index (κ2) is 12.7. The smallest absolute Gasteiger partial charge is 0.252 e. The van der Waals surface area contributed by atoms with E-state index in [0.29, 0.717) is 0 Å². The summed E-state index contributed by atoms with van der Waals surface area (Å²) in [6.45, 7) is 16.2. The molecule has 0 saturated heterocycles. The molecule has 0 unspecified atom stereocenters. The first kappa shape index (κ1) is 34.0. The Kier molecular flexibility index (Phi) is 7.97. The molecule has 2 aliphatic heterocycles. The monoisotopic (exact) mass is 698 g/mol. The van der Waals surface area contributed by atoms with Gasteiger partial charge in [-0.15, -0.1) is 0 Å². The standard InChI is InChI=1S/C51H47BN2/c1-34-30-47-49-48(31-34)54(44-25-17-15-23-40(44)36-20-12-9-13-21-36)46-33-38(51(5,6)7)27-29-42(46)52(49)41-28-26-37(50(2,3)4)32-45(41)53(47)43-24-16-14-22-39(43)35-18-10-8-11-19-35/h8-33H,1-7H3. The first-order chi connectivity index (χ1) is 26.0. The fraction of sp³-hybridized carbons (Fsp3) is 0.176. The zero-order valence-corrected chi connectivity index (χ0v) is 32.5. The van der Waals surface area contributed by atoms with Crippen molar-refractivity contribution in [2.45, 2.75) is 59.3 Å². The van der Waals surface area contributed by atoms with Crippen LogP contribution in [0, 0.1) is 6.92 Å². The average molecular weight is 699 g/mol. The highest BCUT2D eigenvalue weighted by Crippen LogP contribution is 2.49. The van der Waals surface area contributed by atoms with E-state index in [1.165, 1.54) is 89.5 Å². The van der Waals surface area contributed by atoms with E-state index in [1.54, 1.807) is 0 Å². The van der Waals surface area contributed by atoms with E-state index in [4.69, 9.17) is 0 Å². The van der Waals surface area contributed by atoms with Crippen LogP contribution in [-0.4, -0.2) is 6.71 Å². The van der Waals surface area contributed by atoms with Crippen molar-refractivity contribution < 1.29 is 0 Å². The van der Waals surface area contributed by atoms with Crippen molar-refractivity contribution in [3.05, 3.63) is 174 Å². The SMILES string of the molecule is Cc1cc2c3c(c1)N(c1ccccc1-c1ccccc1)c1cc(C(C)(C)C)ccc1B3c1ccc(C(C)(C)C)cc1N2c1ccccc1-c1ccccc1. The summed E-state index contributed by atoms with van der Waals surface area (Å²) >= 11 is 0. The van der Waals surface area contributed by atoms with E-state index in [9.17, 15) is 0 Å². The molecule has 0 amide bonds. The van der Waals surface area contributed by atoms with E-state index in [2.05, 4.69) is 216 Å². The summed E-state index contributed by atoms with van der Waals surface area (Å²) in [5, 5.41) is 0. The van der Waals surface area contributed by atoms with Crippen LogP contribution in [0.2, 0.25) is 0 Å². The molecule has 2 heterocycles. The van der Waals surface area contributed by atoms with Crippen molar-refractivity contribution in [3.63, 3.8) is 0 Å². The van der Waals surface area contributed by atoms with Crippen LogP contribution in [0.1, 0.15) is 58.2 Å². The number of rotatable bonds is 4. The Hall–Kier alpha value is -5.80. The molecule has 0 atom stereocenters. The second-order valence-electron chi connectivity index (χ2n) is 17.1. The van der Waals surface area contributed by atoms with E-state index < -0.39 is 0 Å². The summed E-state index contributed by atoms with van der Waals surface area (Å²) in [5.41, 5.74) is 20.1. The minimum absolute atomic E-state index is 0.0122. The third-order valence-electron chi connectivity index (χ3n) is 11.4. The van der Waals surface area contributed by atoms with Crippen LogP contribution in [0.3, 0.4) is 0 Å². The molecule has 3 heteroatoms. The van der Waals surface area contributed by atoms with Crippen molar-refractivity contribution in [1.29, 1.82) is 0 Å². The Labute approximate surface area is 321 Å². The van der Waals surface area contributed by atoms with Gasteiger partial charge in [-0.1, -0.05) is 163 Å². The van der Waals surface area contributed by atoms with Crippen molar-refractivity contribution in [1.82, 2.24) is 0 Å². The zero-order valence-electron chi connectivity index (χ0n) is 32.5. The zero-order chi connectivity index (χ0) is 37.4. The molecule has 0 spiro atoms. The van der Waals surface area contributed by atoms with Gasteiger partial charge in [0.1, 0.15) is 0 Å². The Morgan fingerprint density at radius 2 is 0.778 bits per heavy atom. The Morgan fingerprint density at radius 3 is 1.19 bits per heavy atom. The van der Waals surface area contributed by atoms with Crippen molar-refractivity contribution in [2.75, 3.05) is 9.80 Å². The number of fused-ring (bicyclic) bond motifs is 4. The van der Waals surface area contributed by atoms with Gasteiger partial charge in [0.25, 0.3) is 6.71 Å². The fourth-order valence-corrected chi connectivity index (χ4v) is 8.64. The molecule has 9 rings (SSSR count). The van der Waals surface area contributed by atoms with Crippen LogP contribution in [-0.2, 0) is 10.8 Å². The van der Waals surface area contributed by atoms with E-state index in [0.717, 1.165) is 0 Å². The lowest BCUT2D eigenvalue weighted by Gasteiger charge is -2.45. The number of benzene rings is 7. The number of nitrogens with zero attached hydrogens (tertiary/aromatic N) is 2. The van der Waals surface area contributed by atoms with Gasteiger partial charge in [0.05, 0.1) is 11.4 Å². The topological polar surface area (TPSA) is 6.48 Å². The first-order valence-corrected chi connectivity index (χ1v) is 19.3. The third kappa shape index (κ3) is 5.57. The molecule has 0 fully saturated rings. The van der Waals surface area contributed by atoms with E-state index >= 15 is 0 Å². The van der Waals surface area contributed by atoms with Gasteiger partial charge in [-0.2, -0.15) is 0 Å². The number of aryl methyl sites for hydroxylation is 1. The fourth-order valence-electron chi connectivity index (χ4n) is 8.64. The molecule has 0 aromatic heterocycles. The Morgan fingerprint density at radius 1 is 0.389 bits per heavy atom.